The van der Waals surface area contributed by atoms with Crippen LogP contribution >= 0.6 is 0 Å². The van der Waals surface area contributed by atoms with Crippen LogP contribution in [0, 0.1) is 5.92 Å². The number of pyridine rings is 1. The molecule has 0 aromatic carbocycles. The number of nitrogens with zero attached hydrogens (tertiary/aromatic N) is 1. The van der Waals surface area contributed by atoms with E-state index in [1.807, 2.05) is 0 Å². The van der Waals surface area contributed by atoms with Gasteiger partial charge in [0, 0.05) is 31.4 Å². The molecule has 1 aliphatic carbocycles. The Morgan fingerprint density at radius 1 is 1.56 bits per heavy atom. The van der Waals surface area contributed by atoms with Crippen LogP contribution in [0.1, 0.15) is 29.6 Å². The highest BCUT2D eigenvalue weighted by molar-refractivity contribution is 5.93. The summed E-state index contributed by atoms with van der Waals surface area (Å²) in [4.78, 5) is 23.0. The first-order chi connectivity index (χ1) is 7.66. The summed E-state index contributed by atoms with van der Waals surface area (Å²) in [5.41, 5.74) is 0.286. The molecule has 86 valence electrons. The number of amides is 1. The number of carbonyl (C=O) groups is 1. The molecule has 1 N–H and O–H groups in total. The lowest BCUT2D eigenvalue weighted by Gasteiger charge is -2.04. The normalized spacial score (nSPS) is 14.8. The number of carbonyl (C=O) groups excluding carboxylic acids is 1. The van der Waals surface area contributed by atoms with Crippen molar-refractivity contribution in [1.82, 2.24) is 9.88 Å². The van der Waals surface area contributed by atoms with Gasteiger partial charge in [-0.25, -0.2) is 0 Å². The first-order valence-electron chi connectivity index (χ1n) is 5.61. The van der Waals surface area contributed by atoms with Gasteiger partial charge in [0.05, 0.1) is 0 Å². The van der Waals surface area contributed by atoms with Crippen molar-refractivity contribution in [3.63, 3.8) is 0 Å². The zero-order valence-electron chi connectivity index (χ0n) is 9.40. The molecule has 1 aromatic heterocycles. The van der Waals surface area contributed by atoms with Gasteiger partial charge >= 0.3 is 0 Å². The number of hydrogen-bond acceptors (Lipinski definition) is 2. The largest absolute Gasteiger partial charge is 0.352 e. The molecule has 0 saturated heterocycles. The van der Waals surface area contributed by atoms with Gasteiger partial charge < -0.3 is 9.88 Å². The van der Waals surface area contributed by atoms with Gasteiger partial charge in [-0.3, -0.25) is 9.59 Å². The Kier molecular flexibility index (Phi) is 3.08. The molecule has 1 saturated carbocycles. The first-order valence-corrected chi connectivity index (χ1v) is 5.61. The van der Waals surface area contributed by atoms with Crippen LogP contribution in [0.5, 0.6) is 0 Å². The van der Waals surface area contributed by atoms with Crippen LogP contribution in [-0.4, -0.2) is 17.0 Å². The monoisotopic (exact) mass is 220 g/mol. The minimum absolute atomic E-state index is 0.154. The van der Waals surface area contributed by atoms with Gasteiger partial charge in [-0.15, -0.1) is 0 Å². The van der Waals surface area contributed by atoms with Crippen LogP contribution in [0.3, 0.4) is 0 Å². The van der Waals surface area contributed by atoms with E-state index in [0.717, 1.165) is 12.3 Å². The van der Waals surface area contributed by atoms with Crippen LogP contribution in [-0.2, 0) is 7.05 Å². The third-order valence-electron chi connectivity index (χ3n) is 2.90. The summed E-state index contributed by atoms with van der Waals surface area (Å²) in [5, 5.41) is 2.83. The molecule has 16 heavy (non-hydrogen) atoms. The lowest BCUT2D eigenvalue weighted by atomic mass is 10.2. The second-order valence-electron chi connectivity index (χ2n) is 4.35. The molecular formula is C12H16N2O2. The fourth-order valence-electron chi connectivity index (χ4n) is 1.59. The van der Waals surface area contributed by atoms with Crippen LogP contribution in [0.15, 0.2) is 23.1 Å². The maximum Gasteiger partial charge on any atom is 0.251 e. The minimum Gasteiger partial charge on any atom is -0.352 e. The number of aromatic nitrogens is 1. The van der Waals surface area contributed by atoms with E-state index < -0.39 is 0 Å². The molecular weight excluding hydrogens is 204 g/mol. The van der Waals surface area contributed by atoms with Crippen LogP contribution < -0.4 is 10.9 Å². The van der Waals surface area contributed by atoms with Gasteiger partial charge in [0.2, 0.25) is 0 Å². The van der Waals surface area contributed by atoms with Crippen molar-refractivity contribution in [2.75, 3.05) is 6.54 Å². The average Bonchev–Trinajstić information content (AvgIpc) is 3.06. The maximum absolute atomic E-state index is 11.7. The van der Waals surface area contributed by atoms with Gasteiger partial charge in [0.1, 0.15) is 0 Å². The molecule has 0 bridgehead atoms. The highest BCUT2D eigenvalue weighted by atomic mass is 16.2. The van der Waals surface area contributed by atoms with Crippen molar-refractivity contribution in [1.29, 1.82) is 0 Å². The van der Waals surface area contributed by atoms with Crippen LogP contribution in [0.2, 0.25) is 0 Å². The summed E-state index contributed by atoms with van der Waals surface area (Å²) in [5.74, 6) is 0.655. The highest BCUT2D eigenvalue weighted by Gasteiger charge is 2.20. The van der Waals surface area contributed by atoms with E-state index in [1.54, 1.807) is 19.3 Å². The molecule has 1 amide bonds. The molecule has 0 radical (unpaired) electrons. The zero-order chi connectivity index (χ0) is 11.5. The fourth-order valence-corrected chi connectivity index (χ4v) is 1.59. The summed E-state index contributed by atoms with van der Waals surface area (Å²) in [6.07, 6.45) is 5.25. The van der Waals surface area contributed by atoms with Crippen molar-refractivity contribution < 1.29 is 4.79 Å². The third-order valence-corrected chi connectivity index (χ3v) is 2.90. The van der Waals surface area contributed by atoms with Crippen molar-refractivity contribution in [3.05, 3.63) is 34.2 Å². The van der Waals surface area contributed by atoms with Gasteiger partial charge in [-0.1, -0.05) is 12.8 Å². The van der Waals surface area contributed by atoms with Gasteiger partial charge in [-0.05, 0) is 18.4 Å². The minimum atomic E-state index is -0.158. The molecule has 1 aliphatic rings. The van der Waals surface area contributed by atoms with E-state index >= 15 is 0 Å². The van der Waals surface area contributed by atoms with Crippen molar-refractivity contribution >= 4 is 5.91 Å². The van der Waals surface area contributed by atoms with E-state index in [1.165, 1.54) is 23.5 Å². The smallest absolute Gasteiger partial charge is 0.251 e. The molecule has 0 unspecified atom stereocenters. The number of aryl methyl sites for hydroxylation is 1. The van der Waals surface area contributed by atoms with Gasteiger partial charge in [-0.2, -0.15) is 0 Å². The van der Waals surface area contributed by atoms with Gasteiger partial charge in [0.15, 0.2) is 0 Å². The Balaban J connectivity index is 1.91. The Morgan fingerprint density at radius 3 is 2.94 bits per heavy atom. The molecule has 0 aliphatic heterocycles. The van der Waals surface area contributed by atoms with Gasteiger partial charge in [0.25, 0.3) is 11.5 Å². The summed E-state index contributed by atoms with van der Waals surface area (Å²) in [7, 11) is 1.66. The SMILES string of the molecule is Cn1ccc(C(=O)NCCC2CC2)cc1=O. The molecule has 2 rings (SSSR count). The lowest BCUT2D eigenvalue weighted by molar-refractivity contribution is 0.0952. The molecule has 0 spiro atoms. The Labute approximate surface area is 94.3 Å². The van der Waals surface area contributed by atoms with E-state index in [9.17, 15) is 9.59 Å². The molecule has 4 heteroatoms. The van der Waals surface area contributed by atoms with E-state index in [-0.39, 0.29) is 11.5 Å². The van der Waals surface area contributed by atoms with Crippen molar-refractivity contribution in [2.24, 2.45) is 13.0 Å². The van der Waals surface area contributed by atoms with E-state index in [0.29, 0.717) is 12.1 Å². The lowest BCUT2D eigenvalue weighted by Crippen LogP contribution is -2.27. The fraction of sp³-hybridized carbons (Fsp3) is 0.500. The van der Waals surface area contributed by atoms with Crippen molar-refractivity contribution in [2.45, 2.75) is 19.3 Å². The zero-order valence-corrected chi connectivity index (χ0v) is 9.40. The average molecular weight is 220 g/mol. The van der Waals surface area contributed by atoms with E-state index in [2.05, 4.69) is 5.32 Å². The third kappa shape index (κ3) is 2.72. The highest BCUT2D eigenvalue weighted by Crippen LogP contribution is 2.31. The molecule has 4 nitrogen and oxygen atoms in total. The quantitative estimate of drug-likeness (QED) is 0.820. The molecule has 1 fully saturated rings. The summed E-state index contributed by atoms with van der Waals surface area (Å²) >= 11 is 0. The Morgan fingerprint density at radius 2 is 2.31 bits per heavy atom. The topological polar surface area (TPSA) is 51.1 Å². The number of hydrogen-bond donors (Lipinski definition) is 1. The predicted octanol–water partition coefficient (Wildman–Crippen LogP) is 0.915. The summed E-state index contributed by atoms with van der Waals surface area (Å²) in [6, 6.07) is 3.03. The van der Waals surface area contributed by atoms with Crippen LogP contribution in [0.25, 0.3) is 0 Å². The maximum atomic E-state index is 11.7. The second kappa shape index (κ2) is 4.51. The summed E-state index contributed by atoms with van der Waals surface area (Å²) in [6.45, 7) is 0.707. The number of nitrogens with one attached hydrogen (secondary N) is 1. The van der Waals surface area contributed by atoms with Crippen molar-refractivity contribution in [3.8, 4) is 0 Å². The number of rotatable bonds is 4. The predicted molar refractivity (Wildman–Crippen MR) is 61.4 cm³/mol. The Hall–Kier alpha value is -1.58. The molecule has 1 aromatic rings. The molecule has 1 heterocycles. The van der Waals surface area contributed by atoms with Crippen LogP contribution in [0.4, 0.5) is 0 Å². The first kappa shape index (κ1) is 10.9. The second-order valence-corrected chi connectivity index (χ2v) is 4.35. The summed E-state index contributed by atoms with van der Waals surface area (Å²) < 4.78 is 1.45. The molecule has 0 atom stereocenters. The Bertz CT molecular complexity index is 447. The standard InChI is InChI=1S/C12H16N2O2/c1-14-7-5-10(8-11(14)15)12(16)13-6-4-9-2-3-9/h5,7-9H,2-4,6H2,1H3,(H,13,16). The van der Waals surface area contributed by atoms with E-state index in [4.69, 9.17) is 0 Å².